The minimum atomic E-state index is -0.995. The summed E-state index contributed by atoms with van der Waals surface area (Å²) in [7, 11) is 0. The SMILES string of the molecule is CCC[C@H](NC(=O)NCCN1CCOCC1)C(=O)O. The van der Waals surface area contributed by atoms with Crippen molar-refractivity contribution in [2.75, 3.05) is 39.4 Å². The van der Waals surface area contributed by atoms with E-state index >= 15 is 0 Å². The second kappa shape index (κ2) is 8.71. The van der Waals surface area contributed by atoms with Crippen LogP contribution in [0.2, 0.25) is 0 Å². The smallest absolute Gasteiger partial charge is 0.326 e. The van der Waals surface area contributed by atoms with Crippen LogP contribution in [0.4, 0.5) is 4.79 Å². The van der Waals surface area contributed by atoms with E-state index in [0.29, 0.717) is 19.4 Å². The molecule has 3 N–H and O–H groups in total. The molecule has 0 saturated carbocycles. The van der Waals surface area contributed by atoms with E-state index < -0.39 is 18.0 Å². The molecule has 0 aromatic rings. The molecule has 0 aliphatic carbocycles. The Labute approximate surface area is 113 Å². The largest absolute Gasteiger partial charge is 0.480 e. The van der Waals surface area contributed by atoms with Gasteiger partial charge in [-0.05, 0) is 6.42 Å². The Morgan fingerprint density at radius 3 is 2.63 bits per heavy atom. The Hall–Kier alpha value is -1.34. The molecule has 19 heavy (non-hydrogen) atoms. The maximum Gasteiger partial charge on any atom is 0.326 e. The van der Waals surface area contributed by atoms with Gasteiger partial charge in [0.15, 0.2) is 0 Å². The van der Waals surface area contributed by atoms with Crippen molar-refractivity contribution in [3.05, 3.63) is 0 Å². The molecule has 1 heterocycles. The highest BCUT2D eigenvalue weighted by Crippen LogP contribution is 1.97. The van der Waals surface area contributed by atoms with Crippen molar-refractivity contribution in [1.82, 2.24) is 15.5 Å². The van der Waals surface area contributed by atoms with Crippen molar-refractivity contribution in [2.24, 2.45) is 0 Å². The van der Waals surface area contributed by atoms with Crippen molar-refractivity contribution in [3.63, 3.8) is 0 Å². The molecule has 0 radical (unpaired) electrons. The molecule has 0 aromatic heterocycles. The lowest BCUT2D eigenvalue weighted by Gasteiger charge is -2.26. The van der Waals surface area contributed by atoms with E-state index in [1.54, 1.807) is 0 Å². The van der Waals surface area contributed by atoms with Gasteiger partial charge in [-0.25, -0.2) is 9.59 Å². The van der Waals surface area contributed by atoms with Gasteiger partial charge in [-0.1, -0.05) is 13.3 Å². The van der Waals surface area contributed by atoms with E-state index in [1.165, 1.54) is 0 Å². The van der Waals surface area contributed by atoms with E-state index in [4.69, 9.17) is 9.84 Å². The molecule has 2 amide bonds. The zero-order valence-corrected chi connectivity index (χ0v) is 11.4. The maximum absolute atomic E-state index is 11.5. The molecule has 7 nitrogen and oxygen atoms in total. The summed E-state index contributed by atoms with van der Waals surface area (Å²) in [6.45, 7) is 6.34. The summed E-state index contributed by atoms with van der Waals surface area (Å²) in [5, 5.41) is 14.1. The van der Waals surface area contributed by atoms with Gasteiger partial charge in [0, 0.05) is 26.2 Å². The monoisotopic (exact) mass is 273 g/mol. The lowest BCUT2D eigenvalue weighted by atomic mass is 10.2. The molecule has 1 aliphatic rings. The summed E-state index contributed by atoms with van der Waals surface area (Å²) in [4.78, 5) is 24.6. The Morgan fingerprint density at radius 1 is 1.37 bits per heavy atom. The first-order valence-corrected chi connectivity index (χ1v) is 6.70. The molecule has 0 bridgehead atoms. The summed E-state index contributed by atoms with van der Waals surface area (Å²) < 4.78 is 5.23. The molecule has 1 saturated heterocycles. The Balaban J connectivity index is 2.17. The Morgan fingerprint density at radius 2 is 2.05 bits per heavy atom. The Kier molecular flexibility index (Phi) is 7.20. The van der Waals surface area contributed by atoms with Crippen LogP contribution in [0, 0.1) is 0 Å². The molecule has 0 unspecified atom stereocenters. The van der Waals surface area contributed by atoms with E-state index in [-0.39, 0.29) is 0 Å². The molecule has 0 aromatic carbocycles. The topological polar surface area (TPSA) is 90.9 Å². The summed E-state index contributed by atoms with van der Waals surface area (Å²) in [6.07, 6.45) is 1.15. The summed E-state index contributed by atoms with van der Waals surface area (Å²) >= 11 is 0. The minimum absolute atomic E-state index is 0.422. The van der Waals surface area contributed by atoms with Gasteiger partial charge < -0.3 is 20.5 Å². The van der Waals surface area contributed by atoms with Crippen LogP contribution in [0.15, 0.2) is 0 Å². The fraction of sp³-hybridized carbons (Fsp3) is 0.833. The zero-order chi connectivity index (χ0) is 14.1. The van der Waals surface area contributed by atoms with Gasteiger partial charge in [0.2, 0.25) is 0 Å². The first-order valence-electron chi connectivity index (χ1n) is 6.70. The number of ether oxygens (including phenoxy) is 1. The van der Waals surface area contributed by atoms with Crippen LogP contribution in [0.1, 0.15) is 19.8 Å². The number of carbonyl (C=O) groups excluding carboxylic acids is 1. The second-order valence-corrected chi connectivity index (χ2v) is 4.53. The van der Waals surface area contributed by atoms with Crippen molar-refractivity contribution in [3.8, 4) is 0 Å². The fourth-order valence-corrected chi connectivity index (χ4v) is 1.91. The van der Waals surface area contributed by atoms with Crippen LogP contribution >= 0.6 is 0 Å². The van der Waals surface area contributed by atoms with Gasteiger partial charge in [-0.15, -0.1) is 0 Å². The number of nitrogens with one attached hydrogen (secondary N) is 2. The number of rotatable bonds is 7. The average Bonchev–Trinajstić information content (AvgIpc) is 2.39. The van der Waals surface area contributed by atoms with Crippen LogP contribution in [0.3, 0.4) is 0 Å². The molecule has 110 valence electrons. The van der Waals surface area contributed by atoms with Crippen LogP contribution in [-0.2, 0) is 9.53 Å². The summed E-state index contributed by atoms with van der Waals surface area (Å²) in [6, 6.07) is -1.23. The van der Waals surface area contributed by atoms with Crippen molar-refractivity contribution < 1.29 is 19.4 Å². The number of urea groups is 1. The number of nitrogens with zero attached hydrogens (tertiary/aromatic N) is 1. The Bertz CT molecular complexity index is 293. The third kappa shape index (κ3) is 6.40. The standard InChI is InChI=1S/C12H23N3O4/c1-2-3-10(11(16)17)14-12(18)13-4-5-15-6-8-19-9-7-15/h10H,2-9H2,1H3,(H,16,17)(H2,13,14,18)/t10-/m0/s1. The quantitative estimate of drug-likeness (QED) is 0.601. The van der Waals surface area contributed by atoms with Crippen molar-refractivity contribution >= 4 is 12.0 Å². The predicted molar refractivity (Wildman–Crippen MR) is 70.1 cm³/mol. The minimum Gasteiger partial charge on any atom is -0.480 e. The van der Waals surface area contributed by atoms with Crippen molar-refractivity contribution in [1.29, 1.82) is 0 Å². The number of carboxylic acids is 1. The first kappa shape index (κ1) is 15.7. The van der Waals surface area contributed by atoms with Gasteiger partial charge >= 0.3 is 12.0 Å². The predicted octanol–water partition coefficient (Wildman–Crippen LogP) is -0.129. The molecule has 1 aliphatic heterocycles. The van der Waals surface area contributed by atoms with Gasteiger partial charge in [0.25, 0.3) is 0 Å². The molecule has 7 heteroatoms. The van der Waals surface area contributed by atoms with E-state index in [2.05, 4.69) is 15.5 Å². The van der Waals surface area contributed by atoms with Crippen LogP contribution < -0.4 is 10.6 Å². The number of carbonyl (C=O) groups is 2. The van der Waals surface area contributed by atoms with Gasteiger partial charge in [-0.3, -0.25) is 4.90 Å². The fourth-order valence-electron chi connectivity index (χ4n) is 1.91. The van der Waals surface area contributed by atoms with E-state index in [1.807, 2.05) is 6.92 Å². The number of amides is 2. The van der Waals surface area contributed by atoms with Crippen LogP contribution in [-0.4, -0.2) is 67.4 Å². The third-order valence-electron chi connectivity index (χ3n) is 3.00. The highest BCUT2D eigenvalue weighted by atomic mass is 16.5. The van der Waals surface area contributed by atoms with Gasteiger partial charge in [0.1, 0.15) is 6.04 Å². The third-order valence-corrected chi connectivity index (χ3v) is 3.00. The van der Waals surface area contributed by atoms with E-state index in [0.717, 1.165) is 32.8 Å². The highest BCUT2D eigenvalue weighted by molar-refractivity contribution is 5.82. The molecule has 1 rings (SSSR count). The summed E-state index contributed by atoms with van der Waals surface area (Å²) in [5.74, 6) is -0.995. The molecule has 0 spiro atoms. The number of aliphatic carboxylic acids is 1. The summed E-state index contributed by atoms with van der Waals surface area (Å²) in [5.41, 5.74) is 0. The number of morpholine rings is 1. The second-order valence-electron chi connectivity index (χ2n) is 4.53. The molecular weight excluding hydrogens is 250 g/mol. The first-order chi connectivity index (χ1) is 9.13. The lowest BCUT2D eigenvalue weighted by Crippen LogP contribution is -2.48. The zero-order valence-electron chi connectivity index (χ0n) is 11.4. The molecule has 1 fully saturated rings. The van der Waals surface area contributed by atoms with Crippen LogP contribution in [0.5, 0.6) is 0 Å². The number of carboxylic acid groups (broad SMARTS) is 1. The number of hydrogen-bond acceptors (Lipinski definition) is 4. The molecular formula is C12H23N3O4. The van der Waals surface area contributed by atoms with Crippen LogP contribution in [0.25, 0.3) is 0 Å². The van der Waals surface area contributed by atoms with Crippen molar-refractivity contribution in [2.45, 2.75) is 25.8 Å². The van der Waals surface area contributed by atoms with Gasteiger partial charge in [0.05, 0.1) is 13.2 Å². The highest BCUT2D eigenvalue weighted by Gasteiger charge is 2.18. The lowest BCUT2D eigenvalue weighted by molar-refractivity contribution is -0.139. The van der Waals surface area contributed by atoms with Gasteiger partial charge in [-0.2, -0.15) is 0 Å². The number of hydrogen-bond donors (Lipinski definition) is 3. The molecule has 1 atom stereocenters. The normalized spacial score (nSPS) is 17.7. The van der Waals surface area contributed by atoms with E-state index in [9.17, 15) is 9.59 Å². The average molecular weight is 273 g/mol. The maximum atomic E-state index is 11.5.